The lowest BCUT2D eigenvalue weighted by Gasteiger charge is -2.18. The quantitative estimate of drug-likeness (QED) is 0.0262. The van der Waals surface area contributed by atoms with Crippen LogP contribution in [0.5, 0.6) is 0 Å². The largest absolute Gasteiger partial charge is 0.462 e. The molecule has 0 bridgehead atoms. The highest BCUT2D eigenvalue weighted by atomic mass is 16.6. The molecule has 0 aromatic rings. The Hall–Kier alpha value is -2.37. The Morgan fingerprint density at radius 3 is 0.922 bits per heavy atom. The molecule has 6 nitrogen and oxygen atoms in total. The lowest BCUT2D eigenvalue weighted by atomic mass is 10.0. The first-order valence-corrected chi connectivity index (χ1v) is 28.0. The van der Waals surface area contributed by atoms with Crippen LogP contribution >= 0.6 is 0 Å². The predicted octanol–water partition coefficient (Wildman–Crippen LogP) is 18.5. The summed E-state index contributed by atoms with van der Waals surface area (Å²) in [7, 11) is 0. The molecule has 0 aliphatic rings. The average Bonchev–Trinajstić information content (AvgIpc) is 3.29. The van der Waals surface area contributed by atoms with Crippen LogP contribution in [0.3, 0.4) is 0 Å². The molecule has 0 radical (unpaired) electrons. The normalized spacial score (nSPS) is 12.2. The lowest BCUT2D eigenvalue weighted by molar-refractivity contribution is -0.167. The van der Waals surface area contributed by atoms with Crippen molar-refractivity contribution in [3.05, 3.63) is 36.5 Å². The third-order valence-electron chi connectivity index (χ3n) is 12.4. The number of esters is 3. The van der Waals surface area contributed by atoms with E-state index in [1.165, 1.54) is 167 Å². The molecule has 1 atom stereocenters. The summed E-state index contributed by atoms with van der Waals surface area (Å²) in [6.45, 7) is 6.57. The van der Waals surface area contributed by atoms with Gasteiger partial charge in [0.25, 0.3) is 0 Å². The minimum absolute atomic E-state index is 0.0773. The van der Waals surface area contributed by atoms with Crippen molar-refractivity contribution in [2.24, 2.45) is 0 Å². The minimum atomic E-state index is -0.779. The van der Waals surface area contributed by atoms with Crippen molar-refractivity contribution in [2.45, 2.75) is 303 Å². The van der Waals surface area contributed by atoms with Gasteiger partial charge in [0, 0.05) is 19.3 Å². The summed E-state index contributed by atoms with van der Waals surface area (Å²) in [6.07, 6.45) is 62.8. The second-order valence-corrected chi connectivity index (χ2v) is 18.8. The highest BCUT2D eigenvalue weighted by Crippen LogP contribution is 2.17. The maximum Gasteiger partial charge on any atom is 0.306 e. The summed E-state index contributed by atoms with van der Waals surface area (Å²) in [5.41, 5.74) is 0. The molecule has 0 amide bonds. The van der Waals surface area contributed by atoms with E-state index in [2.05, 4.69) is 57.2 Å². The number of carbonyl (C=O) groups is 3. The number of allylic oxidation sites excluding steroid dienone is 6. The third-order valence-corrected chi connectivity index (χ3v) is 12.4. The molecule has 0 rings (SSSR count). The summed E-state index contributed by atoms with van der Waals surface area (Å²) < 4.78 is 16.8. The molecule has 0 heterocycles. The topological polar surface area (TPSA) is 78.9 Å². The molecular formula is C58H106O6. The summed E-state index contributed by atoms with van der Waals surface area (Å²) >= 11 is 0. The molecular weight excluding hydrogens is 793 g/mol. The van der Waals surface area contributed by atoms with Crippen molar-refractivity contribution in [2.75, 3.05) is 13.2 Å². The second-order valence-electron chi connectivity index (χ2n) is 18.8. The van der Waals surface area contributed by atoms with E-state index >= 15 is 0 Å². The summed E-state index contributed by atoms with van der Waals surface area (Å²) in [5, 5.41) is 0. The van der Waals surface area contributed by atoms with E-state index in [1.807, 2.05) is 0 Å². The van der Waals surface area contributed by atoms with Crippen molar-refractivity contribution in [3.63, 3.8) is 0 Å². The zero-order chi connectivity index (χ0) is 46.5. The standard InChI is InChI=1S/C58H106O6/c1-4-7-10-13-16-19-22-24-26-27-28-29-30-31-32-34-36-39-42-45-48-51-57(60)63-54-55(53-62-56(59)50-47-44-41-38-35-21-18-15-12-9-6-3)64-58(61)52-49-46-43-40-37-33-25-23-20-17-14-11-8-5-2/h14-15,17-18,23,25,55H,4-13,16,19-22,24,26-54H2,1-3H3/b17-14-,18-15-,25-23-. The maximum absolute atomic E-state index is 12.8. The molecule has 374 valence electrons. The Morgan fingerprint density at radius 1 is 0.312 bits per heavy atom. The summed E-state index contributed by atoms with van der Waals surface area (Å²) in [5.74, 6) is -0.888. The van der Waals surface area contributed by atoms with Gasteiger partial charge < -0.3 is 14.2 Å². The van der Waals surface area contributed by atoms with Gasteiger partial charge in [-0.1, -0.05) is 250 Å². The molecule has 0 saturated carbocycles. The zero-order valence-corrected chi connectivity index (χ0v) is 42.8. The Morgan fingerprint density at radius 2 is 0.578 bits per heavy atom. The molecule has 1 unspecified atom stereocenters. The highest BCUT2D eigenvalue weighted by Gasteiger charge is 2.19. The van der Waals surface area contributed by atoms with Crippen LogP contribution in [0.2, 0.25) is 0 Å². The van der Waals surface area contributed by atoms with Crippen LogP contribution in [-0.4, -0.2) is 37.2 Å². The van der Waals surface area contributed by atoms with Gasteiger partial charge in [-0.2, -0.15) is 0 Å². The molecule has 0 aromatic carbocycles. The van der Waals surface area contributed by atoms with E-state index in [1.54, 1.807) is 0 Å². The summed E-state index contributed by atoms with van der Waals surface area (Å²) in [6, 6.07) is 0. The fourth-order valence-electron chi connectivity index (χ4n) is 8.09. The monoisotopic (exact) mass is 899 g/mol. The number of rotatable bonds is 51. The Balaban J connectivity index is 4.26. The minimum Gasteiger partial charge on any atom is -0.462 e. The first-order chi connectivity index (χ1) is 31.5. The van der Waals surface area contributed by atoms with Crippen molar-refractivity contribution in [1.82, 2.24) is 0 Å². The Kier molecular flexibility index (Phi) is 51.3. The molecule has 0 spiro atoms. The van der Waals surface area contributed by atoms with Crippen LogP contribution in [0.25, 0.3) is 0 Å². The van der Waals surface area contributed by atoms with E-state index in [-0.39, 0.29) is 31.1 Å². The smallest absolute Gasteiger partial charge is 0.306 e. The maximum atomic E-state index is 12.8. The van der Waals surface area contributed by atoms with E-state index in [4.69, 9.17) is 14.2 Å². The first kappa shape index (κ1) is 61.6. The average molecular weight is 899 g/mol. The van der Waals surface area contributed by atoms with E-state index in [0.717, 1.165) is 89.9 Å². The molecule has 0 N–H and O–H groups in total. The number of hydrogen-bond acceptors (Lipinski definition) is 6. The van der Waals surface area contributed by atoms with Crippen LogP contribution < -0.4 is 0 Å². The van der Waals surface area contributed by atoms with Crippen molar-refractivity contribution >= 4 is 17.9 Å². The van der Waals surface area contributed by atoms with Crippen LogP contribution in [0.15, 0.2) is 36.5 Å². The van der Waals surface area contributed by atoms with Gasteiger partial charge >= 0.3 is 17.9 Å². The molecule has 6 heteroatoms. The SMILES string of the molecule is CCCC/C=C\C/C=C\CCCCCCCC(=O)OC(COC(=O)CCCCCCC/C=C\CCCC)COC(=O)CCCCCCCCCCCCCCCCCCCCCCC. The second kappa shape index (κ2) is 53.2. The number of carbonyl (C=O) groups excluding carboxylic acids is 3. The van der Waals surface area contributed by atoms with Gasteiger partial charge in [-0.15, -0.1) is 0 Å². The van der Waals surface area contributed by atoms with E-state index < -0.39 is 6.10 Å². The molecule has 0 aliphatic carbocycles. The van der Waals surface area contributed by atoms with Crippen LogP contribution in [0, 0.1) is 0 Å². The molecule has 0 aromatic heterocycles. The van der Waals surface area contributed by atoms with Gasteiger partial charge in [0.15, 0.2) is 6.10 Å². The van der Waals surface area contributed by atoms with E-state index in [9.17, 15) is 14.4 Å². The van der Waals surface area contributed by atoms with Crippen LogP contribution in [0.4, 0.5) is 0 Å². The number of hydrogen-bond donors (Lipinski definition) is 0. The van der Waals surface area contributed by atoms with Gasteiger partial charge in [0.05, 0.1) is 0 Å². The summed E-state index contributed by atoms with van der Waals surface area (Å²) in [4.78, 5) is 38.0. The fourth-order valence-corrected chi connectivity index (χ4v) is 8.09. The number of unbranched alkanes of at least 4 members (excludes halogenated alkanes) is 34. The van der Waals surface area contributed by atoms with Gasteiger partial charge in [-0.25, -0.2) is 0 Å². The van der Waals surface area contributed by atoms with Crippen LogP contribution in [-0.2, 0) is 28.6 Å². The first-order valence-electron chi connectivity index (χ1n) is 28.0. The molecule has 64 heavy (non-hydrogen) atoms. The predicted molar refractivity (Wildman–Crippen MR) is 275 cm³/mol. The van der Waals surface area contributed by atoms with Gasteiger partial charge in [-0.3, -0.25) is 14.4 Å². The Bertz CT molecular complexity index is 1080. The zero-order valence-electron chi connectivity index (χ0n) is 42.8. The highest BCUT2D eigenvalue weighted by molar-refractivity contribution is 5.71. The Labute approximate surface area is 397 Å². The fraction of sp³-hybridized carbons (Fsp3) is 0.845. The van der Waals surface area contributed by atoms with Crippen LogP contribution in [0.1, 0.15) is 297 Å². The van der Waals surface area contributed by atoms with Gasteiger partial charge in [-0.05, 0) is 64.2 Å². The van der Waals surface area contributed by atoms with Gasteiger partial charge in [0.2, 0.25) is 0 Å². The van der Waals surface area contributed by atoms with E-state index in [0.29, 0.717) is 19.3 Å². The van der Waals surface area contributed by atoms with Crippen molar-refractivity contribution in [1.29, 1.82) is 0 Å². The number of ether oxygens (including phenoxy) is 3. The van der Waals surface area contributed by atoms with Crippen molar-refractivity contribution in [3.8, 4) is 0 Å². The molecule has 0 aliphatic heterocycles. The molecule has 0 saturated heterocycles. The lowest BCUT2D eigenvalue weighted by Crippen LogP contribution is -2.30. The van der Waals surface area contributed by atoms with Crippen molar-refractivity contribution < 1.29 is 28.6 Å². The third kappa shape index (κ3) is 50.6. The molecule has 0 fully saturated rings. The van der Waals surface area contributed by atoms with Gasteiger partial charge in [0.1, 0.15) is 13.2 Å².